The third kappa shape index (κ3) is 3.86. The van der Waals surface area contributed by atoms with Gasteiger partial charge in [0.2, 0.25) is 5.13 Å². The van der Waals surface area contributed by atoms with Crippen LogP contribution in [0.5, 0.6) is 5.75 Å². The van der Waals surface area contributed by atoms with Crippen LogP contribution < -0.4 is 10.1 Å². The topological polar surface area (TPSA) is 72.8 Å². The van der Waals surface area contributed by atoms with Crippen molar-refractivity contribution in [3.05, 3.63) is 34.3 Å². The van der Waals surface area contributed by atoms with E-state index in [9.17, 15) is 0 Å². The van der Waals surface area contributed by atoms with E-state index in [-0.39, 0.29) is 0 Å². The number of nitrogens with zero attached hydrogens (tertiary/aromatic N) is 4. The Morgan fingerprint density at radius 1 is 1.23 bits per heavy atom. The molecule has 0 atom stereocenters. The molecule has 0 bridgehead atoms. The summed E-state index contributed by atoms with van der Waals surface area (Å²) in [6.45, 7) is 0. The third-order valence-electron chi connectivity index (χ3n) is 2.59. The molecule has 2 heterocycles. The Hall–Kier alpha value is -1.42. The van der Waals surface area contributed by atoms with Crippen molar-refractivity contribution in [2.24, 2.45) is 0 Å². The van der Waals surface area contributed by atoms with Gasteiger partial charge in [-0.05, 0) is 24.3 Å². The number of hydrogen-bond acceptors (Lipinski definition) is 9. The zero-order valence-corrected chi connectivity index (χ0v) is 14.5. The molecule has 0 fully saturated rings. The van der Waals surface area contributed by atoms with Crippen molar-refractivity contribution in [3.63, 3.8) is 0 Å². The highest BCUT2D eigenvalue weighted by atomic mass is 35.5. The smallest absolute Gasteiger partial charge is 0.210 e. The lowest BCUT2D eigenvalue weighted by atomic mass is 10.3. The first kappa shape index (κ1) is 15.5. The normalized spacial score (nSPS) is 10.6. The number of rotatable bonds is 6. The molecule has 0 spiro atoms. The lowest BCUT2D eigenvalue weighted by molar-refractivity contribution is 0.415. The Bertz CT molecular complexity index is 745. The van der Waals surface area contributed by atoms with Crippen molar-refractivity contribution >= 4 is 57.1 Å². The summed E-state index contributed by atoms with van der Waals surface area (Å²) >= 11 is 10.2. The van der Waals surface area contributed by atoms with E-state index in [0.717, 1.165) is 26.6 Å². The molecule has 1 aromatic carbocycles. The zero-order chi connectivity index (χ0) is 15.4. The molecule has 0 saturated heterocycles. The SMILES string of the molecule is COc1ccc(Nc2nnc(SCc3nnsc3Cl)s2)cc1. The predicted molar refractivity (Wildman–Crippen MR) is 90.7 cm³/mol. The van der Waals surface area contributed by atoms with Crippen molar-refractivity contribution in [1.82, 2.24) is 19.8 Å². The first-order valence-corrected chi connectivity index (χ1v) is 9.04. The van der Waals surface area contributed by atoms with Gasteiger partial charge in [-0.15, -0.1) is 15.3 Å². The molecule has 0 saturated carbocycles. The molecule has 0 aliphatic heterocycles. The van der Waals surface area contributed by atoms with Crippen LogP contribution in [-0.4, -0.2) is 26.9 Å². The number of hydrogen-bond donors (Lipinski definition) is 1. The van der Waals surface area contributed by atoms with Crippen LogP contribution in [0.3, 0.4) is 0 Å². The Kier molecular flexibility index (Phi) is 5.08. The average Bonchev–Trinajstić information content (AvgIpc) is 3.15. The molecule has 114 valence electrons. The Morgan fingerprint density at radius 2 is 2.05 bits per heavy atom. The van der Waals surface area contributed by atoms with Gasteiger partial charge < -0.3 is 10.1 Å². The van der Waals surface area contributed by atoms with Crippen LogP contribution in [0.1, 0.15) is 5.69 Å². The second-order valence-electron chi connectivity index (χ2n) is 4.01. The minimum atomic E-state index is 0.619. The number of halogens is 1. The van der Waals surface area contributed by atoms with Crippen molar-refractivity contribution in [2.45, 2.75) is 10.1 Å². The van der Waals surface area contributed by atoms with Crippen LogP contribution in [0.2, 0.25) is 4.34 Å². The summed E-state index contributed by atoms with van der Waals surface area (Å²) in [6.07, 6.45) is 0. The molecular formula is C12H10ClN5OS3. The molecule has 3 aromatic rings. The van der Waals surface area contributed by atoms with Crippen LogP contribution in [-0.2, 0) is 5.75 Å². The van der Waals surface area contributed by atoms with Crippen LogP contribution in [0.15, 0.2) is 28.6 Å². The van der Waals surface area contributed by atoms with Crippen molar-refractivity contribution in [2.75, 3.05) is 12.4 Å². The molecule has 0 aliphatic rings. The van der Waals surface area contributed by atoms with E-state index in [2.05, 4.69) is 25.1 Å². The van der Waals surface area contributed by atoms with E-state index in [1.165, 1.54) is 34.6 Å². The zero-order valence-electron chi connectivity index (χ0n) is 11.3. The maximum absolute atomic E-state index is 5.97. The molecule has 0 amide bonds. The van der Waals surface area contributed by atoms with Crippen molar-refractivity contribution in [1.29, 1.82) is 0 Å². The van der Waals surface area contributed by atoms with Gasteiger partial charge in [0.05, 0.1) is 7.11 Å². The fourth-order valence-electron chi connectivity index (χ4n) is 1.53. The third-order valence-corrected chi connectivity index (χ3v) is 5.56. The number of aromatic nitrogens is 4. The van der Waals surface area contributed by atoms with E-state index in [1.54, 1.807) is 7.11 Å². The molecule has 1 N–H and O–H groups in total. The minimum Gasteiger partial charge on any atom is -0.497 e. The highest BCUT2D eigenvalue weighted by molar-refractivity contribution is 8.00. The largest absolute Gasteiger partial charge is 0.497 e. The van der Waals surface area contributed by atoms with Crippen LogP contribution in [0, 0.1) is 0 Å². The van der Waals surface area contributed by atoms with Gasteiger partial charge in [0.15, 0.2) is 4.34 Å². The second kappa shape index (κ2) is 7.23. The summed E-state index contributed by atoms with van der Waals surface area (Å²) < 4.78 is 10.4. The van der Waals surface area contributed by atoms with E-state index < -0.39 is 0 Å². The maximum Gasteiger partial charge on any atom is 0.210 e. The number of benzene rings is 1. The van der Waals surface area contributed by atoms with Crippen molar-refractivity contribution in [3.8, 4) is 5.75 Å². The number of anilines is 2. The predicted octanol–water partition coefficient (Wildman–Crippen LogP) is 4.09. The molecule has 6 nitrogen and oxygen atoms in total. The van der Waals surface area contributed by atoms with Gasteiger partial charge in [0.25, 0.3) is 0 Å². The second-order valence-corrected chi connectivity index (χ2v) is 7.56. The number of methoxy groups -OCH3 is 1. The van der Waals surface area contributed by atoms with Crippen LogP contribution in [0.25, 0.3) is 0 Å². The molecular weight excluding hydrogens is 362 g/mol. The van der Waals surface area contributed by atoms with Gasteiger partial charge in [-0.3, -0.25) is 0 Å². The quantitative estimate of drug-likeness (QED) is 0.654. The fraction of sp³-hybridized carbons (Fsp3) is 0.167. The van der Waals surface area contributed by atoms with Gasteiger partial charge in [-0.1, -0.05) is 39.2 Å². The standard InChI is InChI=1S/C12H10ClN5OS3/c1-19-8-4-2-7(3-5-8)14-11-16-17-12(21-11)20-6-9-10(13)22-18-15-9/h2-5H,6H2,1H3,(H,14,16). The number of thioether (sulfide) groups is 1. The molecule has 10 heteroatoms. The summed E-state index contributed by atoms with van der Waals surface area (Å²) in [7, 11) is 1.64. The van der Waals surface area contributed by atoms with Crippen LogP contribution >= 0.6 is 46.2 Å². The van der Waals surface area contributed by atoms with E-state index in [1.807, 2.05) is 24.3 Å². The summed E-state index contributed by atoms with van der Waals surface area (Å²) in [5.74, 6) is 1.44. The lowest BCUT2D eigenvalue weighted by Gasteiger charge is -2.03. The highest BCUT2D eigenvalue weighted by Crippen LogP contribution is 2.31. The van der Waals surface area contributed by atoms with E-state index in [4.69, 9.17) is 16.3 Å². The lowest BCUT2D eigenvalue weighted by Crippen LogP contribution is -1.89. The van der Waals surface area contributed by atoms with Crippen LogP contribution in [0.4, 0.5) is 10.8 Å². The molecule has 22 heavy (non-hydrogen) atoms. The minimum absolute atomic E-state index is 0.619. The number of ether oxygens (including phenoxy) is 1. The molecule has 0 aliphatic carbocycles. The Morgan fingerprint density at radius 3 is 2.73 bits per heavy atom. The monoisotopic (exact) mass is 371 g/mol. The molecule has 0 radical (unpaired) electrons. The number of nitrogens with one attached hydrogen (secondary N) is 1. The van der Waals surface area contributed by atoms with E-state index >= 15 is 0 Å². The maximum atomic E-state index is 5.97. The van der Waals surface area contributed by atoms with Crippen molar-refractivity contribution < 1.29 is 4.74 Å². The highest BCUT2D eigenvalue weighted by Gasteiger charge is 2.09. The first-order valence-electron chi connectivity index (χ1n) is 6.08. The summed E-state index contributed by atoms with van der Waals surface area (Å²) in [4.78, 5) is 0. The Balaban J connectivity index is 1.59. The summed E-state index contributed by atoms with van der Waals surface area (Å²) in [5, 5.41) is 16.1. The fourth-order valence-corrected chi connectivity index (χ4v) is 4.03. The Labute approximate surface area is 144 Å². The average molecular weight is 372 g/mol. The molecule has 0 unspecified atom stereocenters. The van der Waals surface area contributed by atoms with Gasteiger partial charge in [0.1, 0.15) is 15.8 Å². The van der Waals surface area contributed by atoms with Gasteiger partial charge in [-0.25, -0.2) is 0 Å². The summed E-state index contributed by atoms with van der Waals surface area (Å²) in [6, 6.07) is 7.62. The van der Waals surface area contributed by atoms with E-state index in [0.29, 0.717) is 10.1 Å². The van der Waals surface area contributed by atoms with Gasteiger partial charge >= 0.3 is 0 Å². The molecule has 3 rings (SSSR count). The molecule has 2 aromatic heterocycles. The van der Waals surface area contributed by atoms with Gasteiger partial charge in [0, 0.05) is 23.0 Å². The van der Waals surface area contributed by atoms with Gasteiger partial charge in [-0.2, -0.15) is 0 Å². The first-order chi connectivity index (χ1) is 10.7. The summed E-state index contributed by atoms with van der Waals surface area (Å²) in [5.41, 5.74) is 1.71.